The molecule has 20 heavy (non-hydrogen) atoms. The van der Waals surface area contributed by atoms with Gasteiger partial charge in [0, 0.05) is 44.5 Å². The molecular weight excluding hydrogens is 252 g/mol. The number of nitrogens with zero attached hydrogens (tertiary/aromatic N) is 2. The molecule has 1 aromatic carbocycles. The smallest absolute Gasteiger partial charge is 0.321 e. The molecule has 2 amide bonds. The van der Waals surface area contributed by atoms with Crippen molar-refractivity contribution < 1.29 is 4.79 Å². The molecule has 3 N–H and O–H groups in total. The predicted octanol–water partition coefficient (Wildman–Crippen LogP) is 1.70. The van der Waals surface area contributed by atoms with Crippen LogP contribution in [-0.4, -0.2) is 48.1 Å². The standard InChI is InChI=1S/C15H24N4O/c1-12(2)18-7-9-19(10-8-18)15(20)17-14-5-3-13(11-16)4-6-14/h3-6,12H,7-11,16H2,1-2H3,(H,17,20). The first-order valence-corrected chi connectivity index (χ1v) is 7.19. The van der Waals surface area contributed by atoms with E-state index < -0.39 is 0 Å². The van der Waals surface area contributed by atoms with Crippen molar-refractivity contribution in [1.29, 1.82) is 0 Å². The Morgan fingerprint density at radius 2 is 1.80 bits per heavy atom. The van der Waals surface area contributed by atoms with Crippen molar-refractivity contribution in [2.24, 2.45) is 5.73 Å². The molecule has 1 aliphatic rings. The van der Waals surface area contributed by atoms with E-state index >= 15 is 0 Å². The number of carbonyl (C=O) groups excluding carboxylic acids is 1. The molecule has 0 bridgehead atoms. The lowest BCUT2D eigenvalue weighted by Gasteiger charge is -2.36. The maximum absolute atomic E-state index is 12.2. The first kappa shape index (κ1) is 14.8. The number of nitrogens with two attached hydrogens (primary N) is 1. The SMILES string of the molecule is CC(C)N1CCN(C(=O)Nc2ccc(CN)cc2)CC1. The fraction of sp³-hybridized carbons (Fsp3) is 0.533. The Morgan fingerprint density at radius 3 is 2.30 bits per heavy atom. The molecule has 0 aromatic heterocycles. The summed E-state index contributed by atoms with van der Waals surface area (Å²) in [5, 5.41) is 2.93. The third-order valence-corrected chi connectivity index (χ3v) is 3.77. The molecule has 5 nitrogen and oxygen atoms in total. The lowest BCUT2D eigenvalue weighted by atomic mass is 10.2. The van der Waals surface area contributed by atoms with Crippen LogP contribution in [0.5, 0.6) is 0 Å². The van der Waals surface area contributed by atoms with E-state index in [1.165, 1.54) is 0 Å². The highest BCUT2D eigenvalue weighted by atomic mass is 16.2. The monoisotopic (exact) mass is 276 g/mol. The van der Waals surface area contributed by atoms with Crippen LogP contribution in [0.25, 0.3) is 0 Å². The summed E-state index contributed by atoms with van der Waals surface area (Å²) in [6.45, 7) is 8.35. The molecule has 1 saturated heterocycles. The third-order valence-electron chi connectivity index (χ3n) is 3.77. The number of urea groups is 1. The quantitative estimate of drug-likeness (QED) is 0.883. The van der Waals surface area contributed by atoms with Gasteiger partial charge in [0.2, 0.25) is 0 Å². The van der Waals surface area contributed by atoms with Gasteiger partial charge in [-0.3, -0.25) is 4.90 Å². The van der Waals surface area contributed by atoms with Crippen LogP contribution >= 0.6 is 0 Å². The van der Waals surface area contributed by atoms with Gasteiger partial charge in [-0.2, -0.15) is 0 Å². The molecule has 0 aliphatic carbocycles. The zero-order chi connectivity index (χ0) is 14.5. The Balaban J connectivity index is 1.86. The average molecular weight is 276 g/mol. The summed E-state index contributed by atoms with van der Waals surface area (Å²) in [4.78, 5) is 16.4. The highest BCUT2D eigenvalue weighted by Gasteiger charge is 2.22. The third kappa shape index (κ3) is 3.71. The van der Waals surface area contributed by atoms with Gasteiger partial charge in [0.25, 0.3) is 0 Å². The Morgan fingerprint density at radius 1 is 1.20 bits per heavy atom. The molecule has 1 aromatic rings. The van der Waals surface area contributed by atoms with Gasteiger partial charge in [-0.15, -0.1) is 0 Å². The van der Waals surface area contributed by atoms with Gasteiger partial charge < -0.3 is 16.0 Å². The number of carbonyl (C=O) groups is 1. The number of hydrogen-bond donors (Lipinski definition) is 2. The molecule has 110 valence electrons. The van der Waals surface area contributed by atoms with Crippen LogP contribution in [0.3, 0.4) is 0 Å². The van der Waals surface area contributed by atoms with E-state index in [0.29, 0.717) is 12.6 Å². The number of amides is 2. The largest absolute Gasteiger partial charge is 0.326 e. The second-order valence-corrected chi connectivity index (χ2v) is 5.45. The Labute approximate surface area is 120 Å². The van der Waals surface area contributed by atoms with Crippen molar-refractivity contribution in [3.05, 3.63) is 29.8 Å². The summed E-state index contributed by atoms with van der Waals surface area (Å²) >= 11 is 0. The van der Waals surface area contributed by atoms with Crippen molar-refractivity contribution >= 4 is 11.7 Å². The fourth-order valence-corrected chi connectivity index (χ4v) is 2.37. The maximum Gasteiger partial charge on any atom is 0.321 e. The lowest BCUT2D eigenvalue weighted by Crippen LogP contribution is -2.51. The van der Waals surface area contributed by atoms with E-state index in [1.807, 2.05) is 29.2 Å². The topological polar surface area (TPSA) is 61.6 Å². The highest BCUT2D eigenvalue weighted by molar-refractivity contribution is 5.89. The second-order valence-electron chi connectivity index (χ2n) is 5.45. The number of anilines is 1. The van der Waals surface area contributed by atoms with E-state index in [1.54, 1.807) is 0 Å². The van der Waals surface area contributed by atoms with Crippen molar-refractivity contribution in [1.82, 2.24) is 9.80 Å². The zero-order valence-corrected chi connectivity index (χ0v) is 12.3. The van der Waals surface area contributed by atoms with Crippen molar-refractivity contribution in [3.63, 3.8) is 0 Å². The molecule has 1 heterocycles. The van der Waals surface area contributed by atoms with Gasteiger partial charge in [-0.25, -0.2) is 4.79 Å². The zero-order valence-electron chi connectivity index (χ0n) is 12.3. The van der Waals surface area contributed by atoms with E-state index in [0.717, 1.165) is 37.4 Å². The molecule has 0 radical (unpaired) electrons. The minimum atomic E-state index is -0.0195. The van der Waals surface area contributed by atoms with Crippen LogP contribution in [0, 0.1) is 0 Å². The molecule has 0 spiro atoms. The average Bonchev–Trinajstić information content (AvgIpc) is 2.48. The predicted molar refractivity (Wildman–Crippen MR) is 81.6 cm³/mol. The minimum Gasteiger partial charge on any atom is -0.326 e. The Kier molecular flexibility index (Phi) is 4.98. The van der Waals surface area contributed by atoms with Crippen LogP contribution in [0.1, 0.15) is 19.4 Å². The first-order chi connectivity index (χ1) is 9.60. The molecule has 5 heteroatoms. The van der Waals surface area contributed by atoms with Gasteiger partial charge in [-0.1, -0.05) is 12.1 Å². The lowest BCUT2D eigenvalue weighted by molar-refractivity contribution is 0.125. The van der Waals surface area contributed by atoms with Crippen LogP contribution in [0.2, 0.25) is 0 Å². The number of piperazine rings is 1. The van der Waals surface area contributed by atoms with Crippen LogP contribution in [0.15, 0.2) is 24.3 Å². The Hall–Kier alpha value is -1.59. The van der Waals surface area contributed by atoms with Gasteiger partial charge >= 0.3 is 6.03 Å². The van der Waals surface area contributed by atoms with Gasteiger partial charge in [0.15, 0.2) is 0 Å². The summed E-state index contributed by atoms with van der Waals surface area (Å²) < 4.78 is 0. The molecule has 1 aliphatic heterocycles. The molecule has 1 fully saturated rings. The molecular formula is C15H24N4O. The normalized spacial score (nSPS) is 16.5. The number of hydrogen-bond acceptors (Lipinski definition) is 3. The van der Waals surface area contributed by atoms with E-state index in [2.05, 4.69) is 24.1 Å². The van der Waals surface area contributed by atoms with Crippen LogP contribution in [-0.2, 0) is 6.54 Å². The minimum absolute atomic E-state index is 0.0195. The van der Waals surface area contributed by atoms with Crippen LogP contribution in [0.4, 0.5) is 10.5 Å². The van der Waals surface area contributed by atoms with Crippen LogP contribution < -0.4 is 11.1 Å². The Bertz CT molecular complexity index is 436. The van der Waals surface area contributed by atoms with Crippen molar-refractivity contribution in [3.8, 4) is 0 Å². The highest BCUT2D eigenvalue weighted by Crippen LogP contribution is 2.12. The molecule has 0 unspecified atom stereocenters. The summed E-state index contributed by atoms with van der Waals surface area (Å²) in [5.41, 5.74) is 7.44. The van der Waals surface area contributed by atoms with Crippen molar-refractivity contribution in [2.45, 2.75) is 26.4 Å². The maximum atomic E-state index is 12.2. The summed E-state index contributed by atoms with van der Waals surface area (Å²) in [5.74, 6) is 0. The number of nitrogens with one attached hydrogen (secondary N) is 1. The van der Waals surface area contributed by atoms with Gasteiger partial charge in [0.1, 0.15) is 0 Å². The number of benzene rings is 1. The number of rotatable bonds is 3. The van der Waals surface area contributed by atoms with E-state index in [9.17, 15) is 4.79 Å². The van der Waals surface area contributed by atoms with E-state index in [-0.39, 0.29) is 6.03 Å². The van der Waals surface area contributed by atoms with Gasteiger partial charge in [-0.05, 0) is 31.5 Å². The summed E-state index contributed by atoms with van der Waals surface area (Å²) in [6, 6.07) is 8.19. The fourth-order valence-electron chi connectivity index (χ4n) is 2.37. The first-order valence-electron chi connectivity index (χ1n) is 7.19. The summed E-state index contributed by atoms with van der Waals surface area (Å²) in [7, 11) is 0. The molecule has 2 rings (SSSR count). The summed E-state index contributed by atoms with van der Waals surface area (Å²) in [6.07, 6.45) is 0. The molecule has 0 saturated carbocycles. The van der Waals surface area contributed by atoms with Gasteiger partial charge in [0.05, 0.1) is 0 Å². The van der Waals surface area contributed by atoms with E-state index in [4.69, 9.17) is 5.73 Å². The van der Waals surface area contributed by atoms with Crippen molar-refractivity contribution in [2.75, 3.05) is 31.5 Å². The molecule has 0 atom stereocenters. The second kappa shape index (κ2) is 6.72.